The van der Waals surface area contributed by atoms with Gasteiger partial charge in [0.15, 0.2) is 11.2 Å². The Labute approximate surface area is 142 Å². The van der Waals surface area contributed by atoms with Gasteiger partial charge < -0.3 is 26.0 Å². The molecule has 11 nitrogen and oxygen atoms in total. The topological polar surface area (TPSA) is 171 Å². The van der Waals surface area contributed by atoms with Crippen LogP contribution in [0.2, 0.25) is 0 Å². The van der Waals surface area contributed by atoms with Crippen molar-refractivity contribution in [3.63, 3.8) is 0 Å². The number of rotatable bonds is 8. The van der Waals surface area contributed by atoms with Crippen LogP contribution in [-0.2, 0) is 21.0 Å². The van der Waals surface area contributed by atoms with Crippen molar-refractivity contribution in [3.05, 3.63) is 16.7 Å². The van der Waals surface area contributed by atoms with Gasteiger partial charge in [-0.1, -0.05) is 13.8 Å². The molecule has 0 amide bonds. The van der Waals surface area contributed by atoms with Crippen LogP contribution < -0.4 is 17.0 Å². The molecule has 0 spiro atoms. The Morgan fingerprint density at radius 1 is 1.44 bits per heavy atom. The molecule has 2 aromatic rings. The zero-order valence-electron chi connectivity index (χ0n) is 14.0. The third-order valence-corrected chi connectivity index (χ3v) is 3.44. The number of esters is 1. The van der Waals surface area contributed by atoms with Crippen LogP contribution in [0.5, 0.6) is 0 Å². The minimum Gasteiger partial charge on any atom is -0.462 e. The number of aliphatic hydroxyl groups excluding tert-OH is 1. The molecule has 0 saturated carbocycles. The van der Waals surface area contributed by atoms with Crippen LogP contribution in [0, 0.1) is 5.92 Å². The Kier molecular flexibility index (Phi) is 6.07. The van der Waals surface area contributed by atoms with Gasteiger partial charge in [-0.25, -0.2) is 4.98 Å². The number of nitrogens with one attached hydrogen (secondary N) is 1. The fourth-order valence-corrected chi connectivity index (χ4v) is 1.95. The van der Waals surface area contributed by atoms with Crippen molar-refractivity contribution in [1.82, 2.24) is 19.5 Å². The fourth-order valence-electron chi connectivity index (χ4n) is 1.95. The quantitative estimate of drug-likeness (QED) is 0.414. The lowest BCUT2D eigenvalue weighted by Crippen LogP contribution is -2.38. The van der Waals surface area contributed by atoms with Crippen molar-refractivity contribution < 1.29 is 19.4 Å². The maximum absolute atomic E-state index is 11.7. The largest absolute Gasteiger partial charge is 0.462 e. The van der Waals surface area contributed by atoms with Crippen molar-refractivity contribution in [2.45, 2.75) is 32.7 Å². The number of aromatic nitrogens is 4. The number of nitrogens with zero attached hydrogens (tertiary/aromatic N) is 3. The third-order valence-electron chi connectivity index (χ3n) is 3.44. The van der Waals surface area contributed by atoms with Gasteiger partial charge in [0, 0.05) is 0 Å². The van der Waals surface area contributed by atoms with Crippen LogP contribution in [0.4, 0.5) is 5.95 Å². The van der Waals surface area contributed by atoms with Crippen LogP contribution in [0.25, 0.3) is 11.2 Å². The number of nitrogens with two attached hydrogens (primary N) is 2. The second-order valence-electron chi connectivity index (χ2n) is 5.89. The second kappa shape index (κ2) is 8.05. The van der Waals surface area contributed by atoms with Crippen molar-refractivity contribution in [2.24, 2.45) is 11.7 Å². The van der Waals surface area contributed by atoms with Gasteiger partial charge in [0.2, 0.25) is 5.95 Å². The lowest BCUT2D eigenvalue weighted by atomic mass is 10.1. The first-order valence-electron chi connectivity index (χ1n) is 7.68. The summed E-state index contributed by atoms with van der Waals surface area (Å²) in [6.07, 6.45) is 0.361. The zero-order chi connectivity index (χ0) is 18.6. The molecule has 2 aromatic heterocycles. The molecule has 0 bridgehead atoms. The van der Waals surface area contributed by atoms with Crippen LogP contribution >= 0.6 is 0 Å². The Hall–Kier alpha value is -2.50. The maximum Gasteiger partial charge on any atom is 0.323 e. The first-order chi connectivity index (χ1) is 11.8. The molecule has 0 saturated heterocycles. The zero-order valence-corrected chi connectivity index (χ0v) is 14.0. The normalized spacial score (nSPS) is 14.0. The van der Waals surface area contributed by atoms with Crippen molar-refractivity contribution >= 4 is 23.1 Å². The Morgan fingerprint density at radius 3 is 2.84 bits per heavy atom. The van der Waals surface area contributed by atoms with Gasteiger partial charge in [-0.2, -0.15) is 4.98 Å². The average molecular weight is 354 g/mol. The molecule has 0 radical (unpaired) electrons. The molecular formula is C14H22N6O5. The molecule has 0 aromatic carbocycles. The predicted octanol–water partition coefficient (Wildman–Crippen LogP) is -1.44. The number of fused-ring (bicyclic) bond motifs is 1. The number of carbonyl (C=O) groups excluding carboxylic acids is 1. The number of ether oxygens (including phenoxy) is 2. The number of H-pyrrole nitrogens is 1. The third kappa shape index (κ3) is 4.75. The maximum atomic E-state index is 11.7. The smallest absolute Gasteiger partial charge is 0.323 e. The first-order valence-corrected chi connectivity index (χ1v) is 7.68. The molecule has 6 N–H and O–H groups in total. The van der Waals surface area contributed by atoms with E-state index < -0.39 is 23.7 Å². The van der Waals surface area contributed by atoms with E-state index in [4.69, 9.17) is 20.9 Å². The first kappa shape index (κ1) is 18.8. The standard InChI is InChI=1S/C14H22N6O5/c1-7(2)9(15)13(23)25-4-8(21)3-24-6-20-5-17-10-11(20)18-14(16)19-12(10)22/h5,7-9,21H,3-4,6,15H2,1-2H3,(H3,16,18,19,22)/t8-,9+/m1/s1. The minimum atomic E-state index is -1.01. The van der Waals surface area contributed by atoms with E-state index in [1.165, 1.54) is 10.9 Å². The van der Waals surface area contributed by atoms with Gasteiger partial charge in [-0.3, -0.25) is 19.1 Å². The number of hydrogen-bond donors (Lipinski definition) is 4. The van der Waals surface area contributed by atoms with Crippen LogP contribution in [-0.4, -0.2) is 56.0 Å². The van der Waals surface area contributed by atoms with Gasteiger partial charge in [0.05, 0.1) is 12.9 Å². The van der Waals surface area contributed by atoms with Gasteiger partial charge >= 0.3 is 5.97 Å². The van der Waals surface area contributed by atoms with Gasteiger partial charge in [-0.05, 0) is 5.92 Å². The van der Waals surface area contributed by atoms with E-state index in [-0.39, 0.29) is 43.0 Å². The molecule has 2 heterocycles. The number of hydrogen-bond acceptors (Lipinski definition) is 9. The fraction of sp³-hybridized carbons (Fsp3) is 0.571. The minimum absolute atomic E-state index is 0.0110. The Bertz CT molecular complexity index is 786. The van der Waals surface area contributed by atoms with E-state index in [2.05, 4.69) is 15.0 Å². The highest BCUT2D eigenvalue weighted by Crippen LogP contribution is 2.07. The average Bonchev–Trinajstić information content (AvgIpc) is 2.95. The lowest BCUT2D eigenvalue weighted by Gasteiger charge is -2.16. The van der Waals surface area contributed by atoms with E-state index in [1.807, 2.05) is 0 Å². The summed E-state index contributed by atoms with van der Waals surface area (Å²) in [7, 11) is 0. The summed E-state index contributed by atoms with van der Waals surface area (Å²) >= 11 is 0. The van der Waals surface area contributed by atoms with Crippen molar-refractivity contribution in [2.75, 3.05) is 18.9 Å². The molecule has 11 heteroatoms. The van der Waals surface area contributed by atoms with Crippen molar-refractivity contribution in [1.29, 1.82) is 0 Å². The summed E-state index contributed by atoms with van der Waals surface area (Å²) in [5.74, 6) is -0.667. The summed E-state index contributed by atoms with van der Waals surface area (Å²) in [5.41, 5.74) is 11.1. The van der Waals surface area contributed by atoms with E-state index in [0.717, 1.165) is 0 Å². The number of anilines is 1. The molecule has 25 heavy (non-hydrogen) atoms. The summed E-state index contributed by atoms with van der Waals surface area (Å²) in [4.78, 5) is 33.5. The van der Waals surface area contributed by atoms with Gasteiger partial charge in [0.1, 0.15) is 25.5 Å². The highest BCUT2D eigenvalue weighted by molar-refractivity contribution is 5.75. The number of nitrogen functional groups attached to an aromatic ring is 1. The molecule has 0 fully saturated rings. The molecular weight excluding hydrogens is 332 g/mol. The number of aromatic amines is 1. The molecule has 0 aliphatic carbocycles. The number of aliphatic hydroxyl groups is 1. The second-order valence-corrected chi connectivity index (χ2v) is 5.89. The highest BCUT2D eigenvalue weighted by atomic mass is 16.6. The van der Waals surface area contributed by atoms with E-state index in [9.17, 15) is 14.7 Å². The molecule has 2 rings (SSSR count). The summed E-state index contributed by atoms with van der Waals surface area (Å²) in [6, 6.07) is -0.736. The SMILES string of the molecule is CC(C)[C@H](N)C(=O)OC[C@H](O)COCn1cnc2c(=O)[nH]c(N)nc21. The van der Waals surface area contributed by atoms with E-state index >= 15 is 0 Å². The van der Waals surface area contributed by atoms with Crippen LogP contribution in [0.3, 0.4) is 0 Å². The summed E-state index contributed by atoms with van der Waals surface area (Å²) in [5, 5.41) is 9.79. The Morgan fingerprint density at radius 2 is 2.16 bits per heavy atom. The lowest BCUT2D eigenvalue weighted by molar-refractivity contribution is -0.150. The van der Waals surface area contributed by atoms with Crippen LogP contribution in [0.1, 0.15) is 13.8 Å². The number of imidazole rings is 1. The molecule has 0 unspecified atom stereocenters. The van der Waals surface area contributed by atoms with Gasteiger partial charge in [-0.15, -0.1) is 0 Å². The molecule has 138 valence electrons. The van der Waals surface area contributed by atoms with Gasteiger partial charge in [0.25, 0.3) is 5.56 Å². The molecule has 2 atom stereocenters. The monoisotopic (exact) mass is 354 g/mol. The Balaban J connectivity index is 1.83. The highest BCUT2D eigenvalue weighted by Gasteiger charge is 2.20. The van der Waals surface area contributed by atoms with E-state index in [0.29, 0.717) is 0 Å². The van der Waals surface area contributed by atoms with E-state index in [1.54, 1.807) is 13.8 Å². The van der Waals surface area contributed by atoms with Crippen molar-refractivity contribution in [3.8, 4) is 0 Å². The predicted molar refractivity (Wildman–Crippen MR) is 88.3 cm³/mol. The molecule has 0 aliphatic heterocycles. The summed E-state index contributed by atoms with van der Waals surface area (Å²) < 4.78 is 11.7. The number of carbonyl (C=O) groups is 1. The molecule has 0 aliphatic rings. The van der Waals surface area contributed by atoms with Crippen LogP contribution in [0.15, 0.2) is 11.1 Å². The summed E-state index contributed by atoms with van der Waals surface area (Å²) in [6.45, 7) is 3.26.